The van der Waals surface area contributed by atoms with Gasteiger partial charge in [-0.15, -0.1) is 0 Å². The van der Waals surface area contributed by atoms with E-state index in [2.05, 4.69) is 16.0 Å². The third-order valence-electron chi connectivity index (χ3n) is 5.07. The van der Waals surface area contributed by atoms with Crippen LogP contribution in [0.15, 0.2) is 36.4 Å². The standard InChI is InChI=1S/C24H30N4O7/c1-16(24(34)27-19-9-7-18(8-10-19)15-35-17(2)29)26-21(31)14-25-20(30)6-4-3-5-13-28-22(32)11-12-23(28)33/h7-12,16H,3-6,13-15H2,1-2H3,(H,25,30)(H,26,31)(H,27,34). The molecule has 1 atom stereocenters. The van der Waals surface area contributed by atoms with Gasteiger partial charge in [-0.2, -0.15) is 0 Å². The van der Waals surface area contributed by atoms with Crippen LogP contribution in [0.4, 0.5) is 5.69 Å². The molecule has 1 aliphatic heterocycles. The summed E-state index contributed by atoms with van der Waals surface area (Å²) in [6.07, 6.45) is 4.47. The lowest BCUT2D eigenvalue weighted by Gasteiger charge is -2.15. The summed E-state index contributed by atoms with van der Waals surface area (Å²) in [5.41, 5.74) is 1.29. The Morgan fingerprint density at radius 2 is 1.60 bits per heavy atom. The van der Waals surface area contributed by atoms with Crippen LogP contribution in [-0.4, -0.2) is 59.5 Å². The summed E-state index contributed by atoms with van der Waals surface area (Å²) in [5.74, 6) is -2.27. The Morgan fingerprint density at radius 3 is 2.23 bits per heavy atom. The predicted octanol–water partition coefficient (Wildman–Crippen LogP) is 0.795. The van der Waals surface area contributed by atoms with Crippen molar-refractivity contribution >= 4 is 41.2 Å². The average Bonchev–Trinajstić information content (AvgIpc) is 3.14. The van der Waals surface area contributed by atoms with E-state index in [0.717, 1.165) is 10.5 Å². The maximum atomic E-state index is 12.3. The van der Waals surface area contributed by atoms with Gasteiger partial charge < -0.3 is 20.7 Å². The normalized spacial score (nSPS) is 13.4. The van der Waals surface area contributed by atoms with Gasteiger partial charge in [0.15, 0.2) is 0 Å². The lowest BCUT2D eigenvalue weighted by Crippen LogP contribution is -2.45. The van der Waals surface area contributed by atoms with E-state index < -0.39 is 17.9 Å². The van der Waals surface area contributed by atoms with Gasteiger partial charge in [0.25, 0.3) is 11.8 Å². The molecule has 0 saturated heterocycles. The van der Waals surface area contributed by atoms with Gasteiger partial charge in [-0.25, -0.2) is 0 Å². The Balaban J connectivity index is 1.59. The number of hydrogen-bond acceptors (Lipinski definition) is 7. The van der Waals surface area contributed by atoms with Crippen molar-refractivity contribution in [2.24, 2.45) is 0 Å². The van der Waals surface area contributed by atoms with Gasteiger partial charge in [-0.05, 0) is 37.5 Å². The van der Waals surface area contributed by atoms with Crippen molar-refractivity contribution in [2.45, 2.75) is 52.2 Å². The molecular formula is C24H30N4O7. The molecule has 0 saturated carbocycles. The fourth-order valence-electron chi connectivity index (χ4n) is 3.13. The van der Waals surface area contributed by atoms with E-state index in [1.54, 1.807) is 24.3 Å². The minimum absolute atomic E-state index is 0.139. The number of anilines is 1. The number of rotatable bonds is 13. The Kier molecular flexibility index (Phi) is 10.6. The van der Waals surface area contributed by atoms with Gasteiger partial charge in [0.2, 0.25) is 17.7 Å². The van der Waals surface area contributed by atoms with E-state index in [1.165, 1.54) is 26.0 Å². The van der Waals surface area contributed by atoms with Gasteiger partial charge in [0, 0.05) is 37.7 Å². The van der Waals surface area contributed by atoms with Crippen LogP contribution < -0.4 is 16.0 Å². The molecule has 0 aromatic heterocycles. The lowest BCUT2D eigenvalue weighted by molar-refractivity contribution is -0.142. The van der Waals surface area contributed by atoms with Gasteiger partial charge >= 0.3 is 5.97 Å². The molecule has 5 amide bonds. The molecule has 0 fully saturated rings. The summed E-state index contributed by atoms with van der Waals surface area (Å²) in [5, 5.41) is 7.69. The highest BCUT2D eigenvalue weighted by Gasteiger charge is 2.22. The molecule has 0 spiro atoms. The summed E-state index contributed by atoms with van der Waals surface area (Å²) in [4.78, 5) is 71.2. The van der Waals surface area contributed by atoms with E-state index >= 15 is 0 Å². The molecule has 35 heavy (non-hydrogen) atoms. The molecule has 1 aromatic carbocycles. The monoisotopic (exact) mass is 486 g/mol. The number of carbonyl (C=O) groups is 6. The third-order valence-corrected chi connectivity index (χ3v) is 5.07. The van der Waals surface area contributed by atoms with Crippen LogP contribution in [0.2, 0.25) is 0 Å². The first-order valence-electron chi connectivity index (χ1n) is 11.3. The quantitative estimate of drug-likeness (QED) is 0.212. The van der Waals surface area contributed by atoms with Crippen LogP contribution >= 0.6 is 0 Å². The molecule has 1 heterocycles. The maximum absolute atomic E-state index is 12.3. The number of hydrogen-bond donors (Lipinski definition) is 3. The summed E-state index contributed by atoms with van der Waals surface area (Å²) in [6.45, 7) is 3.04. The van der Waals surface area contributed by atoms with Gasteiger partial charge in [0.1, 0.15) is 12.6 Å². The highest BCUT2D eigenvalue weighted by atomic mass is 16.5. The molecule has 1 aromatic rings. The number of nitrogens with one attached hydrogen (secondary N) is 3. The highest BCUT2D eigenvalue weighted by molar-refractivity contribution is 6.12. The number of imide groups is 1. The summed E-state index contributed by atoms with van der Waals surface area (Å²) in [7, 11) is 0. The molecular weight excluding hydrogens is 456 g/mol. The van der Waals surface area contributed by atoms with Crippen LogP contribution in [0, 0.1) is 0 Å². The van der Waals surface area contributed by atoms with Crippen LogP contribution in [0.3, 0.4) is 0 Å². The van der Waals surface area contributed by atoms with Crippen LogP contribution in [0.25, 0.3) is 0 Å². The molecule has 188 valence electrons. The zero-order chi connectivity index (χ0) is 25.8. The van der Waals surface area contributed by atoms with Crippen molar-refractivity contribution in [1.29, 1.82) is 0 Å². The molecule has 3 N–H and O–H groups in total. The van der Waals surface area contributed by atoms with E-state index in [0.29, 0.717) is 31.5 Å². The smallest absolute Gasteiger partial charge is 0.302 e. The maximum Gasteiger partial charge on any atom is 0.302 e. The van der Waals surface area contributed by atoms with Crippen molar-refractivity contribution < 1.29 is 33.5 Å². The zero-order valence-electron chi connectivity index (χ0n) is 19.8. The highest BCUT2D eigenvalue weighted by Crippen LogP contribution is 2.11. The van der Waals surface area contributed by atoms with E-state index in [9.17, 15) is 28.8 Å². The van der Waals surface area contributed by atoms with Gasteiger partial charge in [-0.1, -0.05) is 18.6 Å². The topological polar surface area (TPSA) is 151 Å². The van der Waals surface area contributed by atoms with Crippen molar-refractivity contribution in [3.05, 3.63) is 42.0 Å². The molecule has 0 radical (unpaired) electrons. The van der Waals surface area contributed by atoms with E-state index in [-0.39, 0.29) is 43.3 Å². The molecule has 11 heteroatoms. The van der Waals surface area contributed by atoms with E-state index in [4.69, 9.17) is 4.74 Å². The predicted molar refractivity (Wildman–Crippen MR) is 125 cm³/mol. The van der Waals surface area contributed by atoms with Crippen LogP contribution in [0.1, 0.15) is 45.1 Å². The lowest BCUT2D eigenvalue weighted by atomic mass is 10.2. The number of carbonyl (C=O) groups excluding carboxylic acids is 6. The number of nitrogens with zero attached hydrogens (tertiary/aromatic N) is 1. The second-order valence-corrected chi connectivity index (χ2v) is 8.00. The van der Waals surface area contributed by atoms with Crippen LogP contribution in [-0.2, 0) is 40.1 Å². The Bertz CT molecular complexity index is 970. The average molecular weight is 487 g/mol. The number of amides is 5. The second kappa shape index (κ2) is 13.6. The molecule has 2 rings (SSSR count). The molecule has 0 aliphatic carbocycles. The summed E-state index contributed by atoms with van der Waals surface area (Å²) >= 11 is 0. The first kappa shape index (κ1) is 27.2. The number of unbranched alkanes of at least 4 members (excludes halogenated alkanes) is 2. The fraction of sp³-hybridized carbons (Fsp3) is 0.417. The van der Waals surface area contributed by atoms with Crippen molar-refractivity contribution in [1.82, 2.24) is 15.5 Å². The number of ether oxygens (including phenoxy) is 1. The zero-order valence-corrected chi connectivity index (χ0v) is 19.8. The SMILES string of the molecule is CC(=O)OCc1ccc(NC(=O)C(C)NC(=O)CNC(=O)CCCCCN2C(=O)C=CC2=O)cc1. The number of benzene rings is 1. The van der Waals surface area contributed by atoms with Crippen molar-refractivity contribution in [3.8, 4) is 0 Å². The second-order valence-electron chi connectivity index (χ2n) is 8.00. The molecule has 11 nitrogen and oxygen atoms in total. The van der Waals surface area contributed by atoms with E-state index in [1.807, 2.05) is 0 Å². The first-order chi connectivity index (χ1) is 16.7. The minimum Gasteiger partial charge on any atom is -0.461 e. The molecule has 1 aliphatic rings. The Labute approximate surface area is 203 Å². The third kappa shape index (κ3) is 9.78. The summed E-state index contributed by atoms with van der Waals surface area (Å²) < 4.78 is 4.90. The number of esters is 1. The molecule has 0 bridgehead atoms. The van der Waals surface area contributed by atoms with Gasteiger partial charge in [0.05, 0.1) is 6.54 Å². The fourth-order valence-corrected chi connectivity index (χ4v) is 3.13. The first-order valence-corrected chi connectivity index (χ1v) is 11.3. The Hall–Kier alpha value is -4.02. The van der Waals surface area contributed by atoms with Crippen molar-refractivity contribution in [3.63, 3.8) is 0 Å². The van der Waals surface area contributed by atoms with Gasteiger partial charge in [-0.3, -0.25) is 33.7 Å². The van der Waals surface area contributed by atoms with Crippen LogP contribution in [0.5, 0.6) is 0 Å². The largest absolute Gasteiger partial charge is 0.461 e. The van der Waals surface area contributed by atoms with Crippen molar-refractivity contribution in [2.75, 3.05) is 18.4 Å². The summed E-state index contributed by atoms with van der Waals surface area (Å²) in [6, 6.07) is 5.90. The molecule has 1 unspecified atom stereocenters. The minimum atomic E-state index is -0.828. The Morgan fingerprint density at radius 1 is 0.943 bits per heavy atom.